The van der Waals surface area contributed by atoms with Crippen LogP contribution in [0.2, 0.25) is 0 Å². The molecule has 1 fully saturated rings. The van der Waals surface area contributed by atoms with E-state index in [0.29, 0.717) is 6.54 Å². The summed E-state index contributed by atoms with van der Waals surface area (Å²) >= 11 is 0. The molecule has 4 nitrogen and oxygen atoms in total. The van der Waals surface area contributed by atoms with Gasteiger partial charge >= 0.3 is 0 Å². The minimum absolute atomic E-state index is 0.0228. The number of hydrogen-bond acceptors (Lipinski definition) is 4. The molecule has 0 N–H and O–H groups in total. The molecule has 0 radical (unpaired) electrons. The third kappa shape index (κ3) is 5.06. The molecule has 1 aliphatic rings. The van der Waals surface area contributed by atoms with Gasteiger partial charge in [0.15, 0.2) is 0 Å². The Morgan fingerprint density at radius 1 is 0.806 bits per heavy atom. The Kier molecular flexibility index (Phi) is 6.85. The fourth-order valence-corrected chi connectivity index (χ4v) is 4.36. The van der Waals surface area contributed by atoms with Crippen LogP contribution >= 0.6 is 0 Å². The molecule has 3 aromatic rings. The topological polar surface area (TPSA) is 24.9 Å². The summed E-state index contributed by atoms with van der Waals surface area (Å²) in [4.78, 5) is 4.81. The van der Waals surface area contributed by atoms with Crippen LogP contribution in [0.25, 0.3) is 0 Å². The van der Waals surface area contributed by atoms with Crippen molar-refractivity contribution in [3.8, 4) is 11.5 Å². The maximum atomic E-state index is 14.4. The van der Waals surface area contributed by atoms with E-state index in [2.05, 4.69) is 34.1 Å². The molecule has 5 heteroatoms. The number of rotatable bonds is 7. The molecular formula is C26H29FN2O2. The normalized spacial score (nSPS) is 17.5. The van der Waals surface area contributed by atoms with E-state index in [0.717, 1.165) is 48.7 Å². The van der Waals surface area contributed by atoms with Gasteiger partial charge in [0.1, 0.15) is 17.3 Å². The van der Waals surface area contributed by atoms with Crippen molar-refractivity contribution in [1.82, 2.24) is 9.80 Å². The molecule has 4 rings (SSSR count). The minimum Gasteiger partial charge on any atom is -0.497 e. The van der Waals surface area contributed by atoms with Gasteiger partial charge in [-0.2, -0.15) is 0 Å². The predicted octanol–water partition coefficient (Wildman–Crippen LogP) is 5.25. The standard InChI is InChI=1S/C26H29FN2O2/c1-30-23-11-5-8-20(16-23)18-28-14-7-15-29(19-22-9-3-4-13-25(22)27)26(28)21-10-6-12-24(17-21)31-2/h3-6,8-13,16-17,26H,7,14-15,18-19H2,1-2H3/t26-/m1/s1. The van der Waals surface area contributed by atoms with Crippen LogP contribution in [0.4, 0.5) is 4.39 Å². The highest BCUT2D eigenvalue weighted by atomic mass is 19.1. The number of hydrogen-bond donors (Lipinski definition) is 0. The van der Waals surface area contributed by atoms with E-state index < -0.39 is 0 Å². The lowest BCUT2D eigenvalue weighted by atomic mass is 10.0. The Hall–Kier alpha value is -2.89. The molecule has 0 unspecified atom stereocenters. The molecule has 0 spiro atoms. The fourth-order valence-electron chi connectivity index (χ4n) is 4.36. The second-order valence-electron chi connectivity index (χ2n) is 7.89. The van der Waals surface area contributed by atoms with Crippen LogP contribution in [0.15, 0.2) is 72.8 Å². The maximum absolute atomic E-state index is 14.4. The summed E-state index contributed by atoms with van der Waals surface area (Å²) in [7, 11) is 3.38. The third-order valence-electron chi connectivity index (χ3n) is 5.83. The van der Waals surface area contributed by atoms with Gasteiger partial charge in [0.2, 0.25) is 0 Å². The van der Waals surface area contributed by atoms with E-state index in [9.17, 15) is 4.39 Å². The van der Waals surface area contributed by atoms with Gasteiger partial charge in [0.05, 0.1) is 20.4 Å². The van der Waals surface area contributed by atoms with Crippen molar-refractivity contribution in [2.45, 2.75) is 25.7 Å². The fraction of sp³-hybridized carbons (Fsp3) is 0.308. The van der Waals surface area contributed by atoms with Crippen LogP contribution in [0, 0.1) is 5.82 Å². The first-order chi connectivity index (χ1) is 15.2. The molecule has 0 aliphatic carbocycles. The smallest absolute Gasteiger partial charge is 0.127 e. The average molecular weight is 421 g/mol. The summed E-state index contributed by atoms with van der Waals surface area (Å²) in [5, 5.41) is 0. The number of nitrogens with zero attached hydrogens (tertiary/aromatic N) is 2. The molecule has 1 saturated heterocycles. The van der Waals surface area contributed by atoms with Gasteiger partial charge in [-0.1, -0.05) is 42.5 Å². The zero-order valence-electron chi connectivity index (χ0n) is 18.1. The molecule has 1 heterocycles. The lowest BCUT2D eigenvalue weighted by Crippen LogP contribution is -2.47. The third-order valence-corrected chi connectivity index (χ3v) is 5.83. The Labute approximate surface area is 183 Å². The molecule has 1 atom stereocenters. The first-order valence-corrected chi connectivity index (χ1v) is 10.7. The summed E-state index contributed by atoms with van der Waals surface area (Å²) in [6.45, 7) is 3.22. The average Bonchev–Trinajstić information content (AvgIpc) is 2.81. The van der Waals surface area contributed by atoms with E-state index in [1.165, 1.54) is 11.6 Å². The number of ether oxygens (including phenoxy) is 2. The van der Waals surface area contributed by atoms with E-state index in [-0.39, 0.29) is 12.0 Å². The van der Waals surface area contributed by atoms with Crippen molar-refractivity contribution in [1.29, 1.82) is 0 Å². The van der Waals surface area contributed by atoms with Crippen LogP contribution in [-0.4, -0.2) is 37.1 Å². The van der Waals surface area contributed by atoms with Crippen LogP contribution in [0.3, 0.4) is 0 Å². The largest absolute Gasteiger partial charge is 0.497 e. The van der Waals surface area contributed by atoms with Crippen molar-refractivity contribution in [3.05, 3.63) is 95.3 Å². The van der Waals surface area contributed by atoms with Crippen molar-refractivity contribution in [2.75, 3.05) is 27.3 Å². The van der Waals surface area contributed by atoms with Gasteiger partial charge in [-0.05, 0) is 47.9 Å². The highest BCUT2D eigenvalue weighted by Crippen LogP contribution is 2.34. The van der Waals surface area contributed by atoms with Crippen LogP contribution in [-0.2, 0) is 13.1 Å². The van der Waals surface area contributed by atoms with Crippen LogP contribution < -0.4 is 9.47 Å². The first kappa shape index (κ1) is 21.3. The van der Waals surface area contributed by atoms with E-state index in [1.807, 2.05) is 36.4 Å². The van der Waals surface area contributed by atoms with Crippen molar-refractivity contribution in [3.63, 3.8) is 0 Å². The van der Waals surface area contributed by atoms with Gasteiger partial charge in [-0.3, -0.25) is 9.80 Å². The van der Waals surface area contributed by atoms with Gasteiger partial charge in [0.25, 0.3) is 0 Å². The van der Waals surface area contributed by atoms with Gasteiger partial charge in [0, 0.05) is 31.7 Å². The zero-order valence-corrected chi connectivity index (χ0v) is 18.1. The molecule has 0 aromatic heterocycles. The van der Waals surface area contributed by atoms with Crippen molar-refractivity contribution in [2.24, 2.45) is 0 Å². The van der Waals surface area contributed by atoms with Gasteiger partial charge in [-0.25, -0.2) is 4.39 Å². The molecular weight excluding hydrogens is 391 g/mol. The first-order valence-electron chi connectivity index (χ1n) is 10.7. The summed E-state index contributed by atoms with van der Waals surface area (Å²) in [6.07, 6.45) is 1.05. The van der Waals surface area contributed by atoms with E-state index in [1.54, 1.807) is 20.3 Å². The van der Waals surface area contributed by atoms with Gasteiger partial charge < -0.3 is 9.47 Å². The molecule has 0 saturated carbocycles. The Morgan fingerprint density at radius 3 is 2.23 bits per heavy atom. The lowest BCUT2D eigenvalue weighted by Gasteiger charge is -2.44. The monoisotopic (exact) mass is 420 g/mol. The van der Waals surface area contributed by atoms with Gasteiger partial charge in [-0.15, -0.1) is 0 Å². The van der Waals surface area contributed by atoms with Crippen molar-refractivity contribution < 1.29 is 13.9 Å². The zero-order chi connectivity index (χ0) is 21.6. The SMILES string of the molecule is COc1cccc(CN2CCCN(Cc3ccccc3F)[C@@H]2c2cccc(OC)c2)c1. The predicted molar refractivity (Wildman–Crippen MR) is 121 cm³/mol. The van der Waals surface area contributed by atoms with Crippen LogP contribution in [0.1, 0.15) is 29.3 Å². The van der Waals surface area contributed by atoms with E-state index >= 15 is 0 Å². The minimum atomic E-state index is -0.156. The maximum Gasteiger partial charge on any atom is 0.127 e. The molecule has 3 aromatic carbocycles. The highest BCUT2D eigenvalue weighted by Gasteiger charge is 2.31. The summed E-state index contributed by atoms with van der Waals surface area (Å²) in [6, 6.07) is 23.4. The second-order valence-corrected chi connectivity index (χ2v) is 7.89. The number of halogens is 1. The molecule has 0 bridgehead atoms. The van der Waals surface area contributed by atoms with Crippen molar-refractivity contribution >= 4 is 0 Å². The molecule has 162 valence electrons. The molecule has 0 amide bonds. The quantitative estimate of drug-likeness (QED) is 0.521. The molecule has 31 heavy (non-hydrogen) atoms. The lowest BCUT2D eigenvalue weighted by molar-refractivity contribution is -0.00976. The Morgan fingerprint density at radius 2 is 1.48 bits per heavy atom. The number of benzene rings is 3. The summed E-state index contributed by atoms with van der Waals surface area (Å²) in [5.74, 6) is 1.53. The number of methoxy groups -OCH3 is 2. The van der Waals surface area contributed by atoms with Crippen LogP contribution in [0.5, 0.6) is 11.5 Å². The van der Waals surface area contributed by atoms with E-state index in [4.69, 9.17) is 9.47 Å². The summed E-state index contributed by atoms with van der Waals surface area (Å²) in [5.41, 5.74) is 3.07. The Bertz CT molecular complexity index is 1010. The molecule has 1 aliphatic heterocycles. The second kappa shape index (κ2) is 9.94. The highest BCUT2D eigenvalue weighted by molar-refractivity contribution is 5.32. The Balaban J connectivity index is 1.67. The summed E-state index contributed by atoms with van der Waals surface area (Å²) < 4.78 is 25.3.